The molecule has 0 aromatic carbocycles. The van der Waals surface area contributed by atoms with Gasteiger partial charge in [0.05, 0.1) is 5.25 Å². The van der Waals surface area contributed by atoms with Crippen LogP contribution in [-0.2, 0) is 10.0 Å². The molecule has 0 radical (unpaired) electrons. The van der Waals surface area contributed by atoms with E-state index in [0.717, 1.165) is 25.9 Å². The Bertz CT molecular complexity index is 285. The molecule has 1 heterocycles. The summed E-state index contributed by atoms with van der Waals surface area (Å²) < 4.78 is 25.4. The maximum Gasteiger partial charge on any atom is 0.217 e. The van der Waals surface area contributed by atoms with Gasteiger partial charge < -0.3 is 5.32 Å². The molecule has 1 aliphatic heterocycles. The van der Waals surface area contributed by atoms with Crippen LogP contribution in [0.15, 0.2) is 0 Å². The highest BCUT2D eigenvalue weighted by Crippen LogP contribution is 2.32. The van der Waals surface area contributed by atoms with Crippen molar-refractivity contribution in [3.8, 4) is 0 Å². The van der Waals surface area contributed by atoms with E-state index in [-0.39, 0.29) is 11.3 Å². The minimum atomic E-state index is -2.94. The fourth-order valence-electron chi connectivity index (χ4n) is 1.76. The zero-order valence-corrected chi connectivity index (χ0v) is 8.68. The average molecular weight is 204 g/mol. The van der Waals surface area contributed by atoms with Gasteiger partial charge >= 0.3 is 0 Å². The average Bonchev–Trinajstić information content (AvgIpc) is 2.86. The molecule has 0 aromatic rings. The predicted molar refractivity (Wildman–Crippen MR) is 51.0 cm³/mol. The van der Waals surface area contributed by atoms with E-state index in [2.05, 4.69) is 5.32 Å². The first-order valence-electron chi connectivity index (χ1n) is 4.84. The number of hydrogen-bond acceptors (Lipinski definition) is 3. The lowest BCUT2D eigenvalue weighted by molar-refractivity contribution is 0.283. The van der Waals surface area contributed by atoms with E-state index in [1.54, 1.807) is 4.31 Å². The molecular weight excluding hydrogens is 188 g/mol. The number of hydrogen-bond donors (Lipinski definition) is 1. The van der Waals surface area contributed by atoms with E-state index in [9.17, 15) is 8.42 Å². The van der Waals surface area contributed by atoms with Gasteiger partial charge in [0.25, 0.3) is 0 Å². The van der Waals surface area contributed by atoms with Gasteiger partial charge in [-0.1, -0.05) is 0 Å². The minimum absolute atomic E-state index is 0.0620. The van der Waals surface area contributed by atoms with Crippen LogP contribution in [0.1, 0.15) is 19.8 Å². The number of piperazine rings is 1. The third kappa shape index (κ3) is 1.73. The third-order valence-corrected chi connectivity index (χ3v) is 5.22. The Morgan fingerprint density at radius 1 is 1.38 bits per heavy atom. The summed E-state index contributed by atoms with van der Waals surface area (Å²) in [6.07, 6.45) is 1.72. The predicted octanol–water partition coefficient (Wildman–Crippen LogP) is -0.228. The molecule has 1 aliphatic carbocycles. The van der Waals surface area contributed by atoms with Crippen molar-refractivity contribution >= 4 is 10.0 Å². The van der Waals surface area contributed by atoms with E-state index in [4.69, 9.17) is 0 Å². The molecule has 0 unspecified atom stereocenters. The lowest BCUT2D eigenvalue weighted by Crippen LogP contribution is -2.53. The van der Waals surface area contributed by atoms with Crippen LogP contribution in [0.4, 0.5) is 0 Å². The van der Waals surface area contributed by atoms with Crippen molar-refractivity contribution in [2.75, 3.05) is 19.6 Å². The summed E-state index contributed by atoms with van der Waals surface area (Å²) >= 11 is 0. The Balaban J connectivity index is 2.13. The molecule has 2 rings (SSSR count). The van der Waals surface area contributed by atoms with Crippen molar-refractivity contribution in [1.82, 2.24) is 9.62 Å². The molecule has 0 bridgehead atoms. The zero-order valence-electron chi connectivity index (χ0n) is 7.86. The SMILES string of the molecule is C[C@@H]1CNCCN1S(=O)(=O)C1CC1. The summed E-state index contributed by atoms with van der Waals surface area (Å²) in [4.78, 5) is 0. The molecule has 0 amide bonds. The van der Waals surface area contributed by atoms with Gasteiger partial charge in [0.15, 0.2) is 0 Å². The Morgan fingerprint density at radius 2 is 2.08 bits per heavy atom. The maximum absolute atomic E-state index is 11.9. The van der Waals surface area contributed by atoms with Gasteiger partial charge in [0.1, 0.15) is 0 Å². The zero-order chi connectivity index (χ0) is 9.47. The summed E-state index contributed by atoms with van der Waals surface area (Å²) in [5.74, 6) is 0. The molecule has 76 valence electrons. The van der Waals surface area contributed by atoms with Crippen LogP contribution >= 0.6 is 0 Å². The monoisotopic (exact) mass is 204 g/mol. The smallest absolute Gasteiger partial charge is 0.217 e. The molecule has 1 N–H and O–H groups in total. The van der Waals surface area contributed by atoms with Crippen LogP contribution in [-0.4, -0.2) is 43.6 Å². The molecule has 13 heavy (non-hydrogen) atoms. The van der Waals surface area contributed by atoms with E-state index < -0.39 is 10.0 Å². The molecule has 5 heteroatoms. The standard InChI is InChI=1S/C8H16N2O2S/c1-7-6-9-4-5-10(7)13(11,12)8-2-3-8/h7-9H,2-6H2,1H3/t7-/m1/s1. The molecule has 1 saturated carbocycles. The van der Waals surface area contributed by atoms with Gasteiger partial charge in [0.2, 0.25) is 10.0 Å². The quantitative estimate of drug-likeness (QED) is 0.676. The highest BCUT2D eigenvalue weighted by Gasteiger charge is 2.42. The van der Waals surface area contributed by atoms with E-state index in [0.29, 0.717) is 6.54 Å². The molecule has 1 saturated heterocycles. The normalized spacial score (nSPS) is 31.9. The van der Waals surface area contributed by atoms with Crippen molar-refractivity contribution in [2.24, 2.45) is 0 Å². The highest BCUT2D eigenvalue weighted by atomic mass is 32.2. The van der Waals surface area contributed by atoms with E-state index in [1.165, 1.54) is 0 Å². The molecule has 0 spiro atoms. The van der Waals surface area contributed by atoms with Crippen molar-refractivity contribution in [3.63, 3.8) is 0 Å². The molecule has 2 aliphatic rings. The minimum Gasteiger partial charge on any atom is -0.314 e. The first kappa shape index (κ1) is 9.43. The highest BCUT2D eigenvalue weighted by molar-refractivity contribution is 7.90. The Kier molecular flexibility index (Phi) is 2.33. The third-order valence-electron chi connectivity index (χ3n) is 2.71. The number of nitrogens with zero attached hydrogens (tertiary/aromatic N) is 1. The van der Waals surface area contributed by atoms with Crippen LogP contribution in [0.5, 0.6) is 0 Å². The van der Waals surface area contributed by atoms with Crippen molar-refractivity contribution in [1.29, 1.82) is 0 Å². The Labute approximate surface area is 79.4 Å². The van der Waals surface area contributed by atoms with Crippen LogP contribution in [0.3, 0.4) is 0 Å². The Morgan fingerprint density at radius 3 is 2.62 bits per heavy atom. The first-order chi connectivity index (χ1) is 6.12. The maximum atomic E-state index is 11.9. The van der Waals surface area contributed by atoms with Gasteiger partial charge in [-0.2, -0.15) is 4.31 Å². The second kappa shape index (κ2) is 3.22. The van der Waals surface area contributed by atoms with Gasteiger partial charge in [0, 0.05) is 25.7 Å². The van der Waals surface area contributed by atoms with Crippen LogP contribution in [0, 0.1) is 0 Å². The summed E-state index contributed by atoms with van der Waals surface area (Å²) in [6, 6.07) is 0.124. The number of sulfonamides is 1. The summed E-state index contributed by atoms with van der Waals surface area (Å²) in [7, 11) is -2.94. The largest absolute Gasteiger partial charge is 0.314 e. The fourth-order valence-corrected chi connectivity index (χ4v) is 3.79. The van der Waals surface area contributed by atoms with Gasteiger partial charge in [-0.25, -0.2) is 8.42 Å². The van der Waals surface area contributed by atoms with Crippen molar-refractivity contribution < 1.29 is 8.42 Å². The second-order valence-corrected chi connectivity index (χ2v) is 6.07. The van der Waals surface area contributed by atoms with E-state index in [1.807, 2.05) is 6.92 Å². The molecule has 1 atom stereocenters. The summed E-state index contributed by atoms with van der Waals surface area (Å²) in [6.45, 7) is 4.17. The van der Waals surface area contributed by atoms with Gasteiger partial charge in [-0.05, 0) is 19.8 Å². The molecule has 0 aromatic heterocycles. The van der Waals surface area contributed by atoms with Crippen LogP contribution < -0.4 is 5.32 Å². The summed E-state index contributed by atoms with van der Waals surface area (Å²) in [5, 5.41) is 3.13. The number of nitrogens with one attached hydrogen (secondary N) is 1. The number of rotatable bonds is 2. The lowest BCUT2D eigenvalue weighted by Gasteiger charge is -2.32. The van der Waals surface area contributed by atoms with Crippen LogP contribution in [0.2, 0.25) is 0 Å². The molecule has 2 fully saturated rings. The van der Waals surface area contributed by atoms with Crippen molar-refractivity contribution in [3.05, 3.63) is 0 Å². The van der Waals surface area contributed by atoms with Crippen LogP contribution in [0.25, 0.3) is 0 Å². The van der Waals surface area contributed by atoms with Crippen molar-refractivity contribution in [2.45, 2.75) is 31.1 Å². The Hall–Kier alpha value is -0.130. The lowest BCUT2D eigenvalue weighted by atomic mass is 10.3. The fraction of sp³-hybridized carbons (Fsp3) is 1.00. The first-order valence-corrected chi connectivity index (χ1v) is 6.34. The topological polar surface area (TPSA) is 49.4 Å². The van der Waals surface area contributed by atoms with Gasteiger partial charge in [-0.3, -0.25) is 0 Å². The molecular formula is C8H16N2O2S. The van der Waals surface area contributed by atoms with Gasteiger partial charge in [-0.15, -0.1) is 0 Å². The second-order valence-electron chi connectivity index (χ2n) is 3.91. The summed E-state index contributed by atoms with van der Waals surface area (Å²) in [5.41, 5.74) is 0. The molecule has 4 nitrogen and oxygen atoms in total. The van der Waals surface area contributed by atoms with E-state index >= 15 is 0 Å².